The van der Waals surface area contributed by atoms with E-state index in [-0.39, 0.29) is 37.4 Å². The minimum atomic E-state index is -4.40. The van der Waals surface area contributed by atoms with Gasteiger partial charge in [-0.15, -0.1) is 0 Å². The van der Waals surface area contributed by atoms with Gasteiger partial charge in [-0.2, -0.15) is 31.8 Å². The van der Waals surface area contributed by atoms with Gasteiger partial charge in [-0.25, -0.2) is 0 Å². The van der Waals surface area contributed by atoms with Crippen LogP contribution in [0.2, 0.25) is 15.6 Å². The van der Waals surface area contributed by atoms with Crippen LogP contribution in [0.1, 0.15) is 11.1 Å². The topological polar surface area (TPSA) is 159 Å². The average molecular weight is 616 g/mol. The molecule has 4 aromatic rings. The number of anilines is 2. The summed E-state index contributed by atoms with van der Waals surface area (Å²) in [6.07, 6.45) is 2.68. The molecule has 0 amide bonds. The van der Waals surface area contributed by atoms with Gasteiger partial charge in [0, 0.05) is 0 Å². The molecule has 0 unspecified atom stereocenters. The van der Waals surface area contributed by atoms with Gasteiger partial charge in [0.05, 0.1) is 10.7 Å². The lowest BCUT2D eigenvalue weighted by atomic mass is 10.1. The van der Waals surface area contributed by atoms with Crippen molar-refractivity contribution in [2.45, 2.75) is 9.79 Å². The summed E-state index contributed by atoms with van der Waals surface area (Å²) in [7, 11) is -8.79. The molecular weight excluding hydrogens is 599 g/mol. The number of nitrogens with one attached hydrogen (secondary N) is 1. The lowest BCUT2D eigenvalue weighted by Gasteiger charge is -2.06. The van der Waals surface area contributed by atoms with Gasteiger partial charge in [0.1, 0.15) is 9.79 Å². The highest BCUT2D eigenvalue weighted by atomic mass is 35.5. The third-order valence-electron chi connectivity index (χ3n) is 4.54. The van der Waals surface area contributed by atoms with Crippen LogP contribution in [0, 0.1) is 0 Å². The second-order valence-electron chi connectivity index (χ2n) is 7.16. The molecule has 0 aliphatic carbocycles. The van der Waals surface area contributed by atoms with E-state index in [0.29, 0.717) is 10.7 Å². The summed E-state index contributed by atoms with van der Waals surface area (Å²) < 4.78 is 63.4. The second kappa shape index (κ2) is 12.6. The predicted octanol–water partition coefficient (Wildman–Crippen LogP) is 5.93. The Balaban J connectivity index is 0.000000221. The normalized spacial score (nSPS) is 11.6. The van der Waals surface area contributed by atoms with Crippen LogP contribution in [0.15, 0.2) is 82.6 Å². The predicted molar refractivity (Wildman–Crippen MR) is 146 cm³/mol. The van der Waals surface area contributed by atoms with E-state index in [1.807, 2.05) is 12.1 Å². The molecule has 1 heterocycles. The first-order chi connectivity index (χ1) is 17.8. The summed E-state index contributed by atoms with van der Waals surface area (Å²) in [5.41, 5.74) is 1.05. The third-order valence-corrected chi connectivity index (χ3v) is 7.06. The van der Waals surface area contributed by atoms with Crippen molar-refractivity contribution in [2.24, 2.45) is 0 Å². The van der Waals surface area contributed by atoms with Crippen molar-refractivity contribution in [2.75, 3.05) is 5.32 Å². The summed E-state index contributed by atoms with van der Waals surface area (Å²) >= 11 is 17.2. The maximum absolute atomic E-state index is 11.3. The number of aromatic nitrogens is 3. The maximum atomic E-state index is 11.3. The molecule has 4 rings (SSSR count). The molecule has 0 fully saturated rings. The second-order valence-corrected chi connectivity index (χ2v) is 11.0. The first kappa shape index (κ1) is 29.5. The van der Waals surface area contributed by atoms with E-state index in [2.05, 4.69) is 20.3 Å². The Morgan fingerprint density at radius 1 is 0.632 bits per heavy atom. The van der Waals surface area contributed by atoms with Crippen molar-refractivity contribution in [1.29, 1.82) is 0 Å². The summed E-state index contributed by atoms with van der Waals surface area (Å²) in [6, 6.07) is 18.6. The highest BCUT2D eigenvalue weighted by Gasteiger charge is 2.15. The molecule has 3 aromatic carbocycles. The molecule has 0 aliphatic heterocycles. The summed E-state index contributed by atoms with van der Waals surface area (Å²) in [5, 5.41) is 3.49. The van der Waals surface area contributed by atoms with E-state index in [4.69, 9.17) is 43.9 Å². The van der Waals surface area contributed by atoms with Crippen molar-refractivity contribution in [1.82, 2.24) is 15.0 Å². The van der Waals surface area contributed by atoms with Crippen LogP contribution in [0.4, 0.5) is 11.6 Å². The molecule has 1 aromatic heterocycles. The smallest absolute Gasteiger partial charge is 0.295 e. The molecule has 0 bridgehead atoms. The summed E-state index contributed by atoms with van der Waals surface area (Å²) in [5.74, 6) is 0.248. The molecule has 10 nitrogen and oxygen atoms in total. The molecule has 0 atom stereocenters. The van der Waals surface area contributed by atoms with Crippen molar-refractivity contribution >= 4 is 78.8 Å². The van der Waals surface area contributed by atoms with Crippen molar-refractivity contribution < 1.29 is 25.9 Å². The fraction of sp³-hybridized carbons (Fsp3) is 0. The zero-order valence-corrected chi connectivity index (χ0v) is 22.8. The number of benzene rings is 3. The van der Waals surface area contributed by atoms with E-state index in [1.165, 1.54) is 48.6 Å². The van der Waals surface area contributed by atoms with Crippen molar-refractivity contribution in [3.05, 3.63) is 99.5 Å². The highest BCUT2D eigenvalue weighted by Crippen LogP contribution is 2.24. The van der Waals surface area contributed by atoms with Gasteiger partial charge in [-0.3, -0.25) is 9.11 Å². The van der Waals surface area contributed by atoms with Gasteiger partial charge in [0.2, 0.25) is 16.5 Å². The number of halogens is 3. The van der Waals surface area contributed by atoms with Gasteiger partial charge in [0.15, 0.2) is 0 Å². The monoisotopic (exact) mass is 614 g/mol. The molecule has 38 heavy (non-hydrogen) atoms. The molecule has 198 valence electrons. The fourth-order valence-corrected chi connectivity index (χ4v) is 4.87. The number of hydrogen-bond acceptors (Lipinski definition) is 8. The van der Waals surface area contributed by atoms with E-state index in [0.717, 1.165) is 0 Å². The Morgan fingerprint density at radius 2 is 1.05 bits per heavy atom. The quantitative estimate of drug-likeness (QED) is 0.175. The van der Waals surface area contributed by atoms with Crippen LogP contribution in [0.5, 0.6) is 0 Å². The largest absolute Gasteiger partial charge is 0.323 e. The lowest BCUT2D eigenvalue weighted by Crippen LogP contribution is -2.01. The van der Waals surface area contributed by atoms with Gasteiger partial charge in [-0.05, 0) is 58.6 Å². The van der Waals surface area contributed by atoms with E-state index in [9.17, 15) is 16.8 Å². The third kappa shape index (κ3) is 8.46. The first-order valence-corrected chi connectivity index (χ1v) is 14.3. The van der Waals surface area contributed by atoms with Crippen molar-refractivity contribution in [3.8, 4) is 0 Å². The molecular formula is C23H17Cl3N4O6S2. The van der Waals surface area contributed by atoms with Crippen LogP contribution >= 0.6 is 34.8 Å². The first-order valence-electron chi connectivity index (χ1n) is 10.2. The zero-order chi connectivity index (χ0) is 27.9. The summed E-state index contributed by atoms with van der Waals surface area (Å²) in [6.45, 7) is 0. The van der Waals surface area contributed by atoms with Crippen LogP contribution in [0.25, 0.3) is 12.2 Å². The fourth-order valence-electron chi connectivity index (χ4n) is 2.95. The van der Waals surface area contributed by atoms with Gasteiger partial charge in [0.25, 0.3) is 20.2 Å². The minimum absolute atomic E-state index is 0.0227. The van der Waals surface area contributed by atoms with Crippen LogP contribution in [-0.2, 0) is 20.2 Å². The van der Waals surface area contributed by atoms with E-state index in [1.54, 1.807) is 24.3 Å². The highest BCUT2D eigenvalue weighted by molar-refractivity contribution is 7.86. The molecule has 3 N–H and O–H groups in total. The Labute approximate surface area is 233 Å². The molecule has 0 radical (unpaired) electrons. The van der Waals surface area contributed by atoms with Crippen LogP contribution < -0.4 is 5.32 Å². The Morgan fingerprint density at radius 3 is 1.50 bits per heavy atom. The van der Waals surface area contributed by atoms with Gasteiger partial charge >= 0.3 is 0 Å². The lowest BCUT2D eigenvalue weighted by molar-refractivity contribution is 0.480. The Hall–Kier alpha value is -3.10. The number of rotatable bonds is 6. The summed E-state index contributed by atoms with van der Waals surface area (Å²) in [4.78, 5) is 10.8. The van der Waals surface area contributed by atoms with Crippen molar-refractivity contribution in [3.63, 3.8) is 0 Å². The Bertz CT molecular complexity index is 1600. The minimum Gasteiger partial charge on any atom is -0.323 e. The Kier molecular flexibility index (Phi) is 9.79. The van der Waals surface area contributed by atoms with Gasteiger partial charge < -0.3 is 5.32 Å². The molecule has 15 heteroatoms. The average Bonchev–Trinajstić information content (AvgIpc) is 2.83. The number of hydrogen-bond donors (Lipinski definition) is 3. The zero-order valence-electron chi connectivity index (χ0n) is 18.9. The maximum Gasteiger partial charge on any atom is 0.295 e. The van der Waals surface area contributed by atoms with Gasteiger partial charge in [-0.1, -0.05) is 72.3 Å². The van der Waals surface area contributed by atoms with Crippen LogP contribution in [0.3, 0.4) is 0 Å². The number of nitrogens with zero attached hydrogens (tertiary/aromatic N) is 3. The van der Waals surface area contributed by atoms with E-state index >= 15 is 0 Å². The molecule has 0 saturated carbocycles. The van der Waals surface area contributed by atoms with E-state index < -0.39 is 20.2 Å². The molecule has 0 aliphatic rings. The SMILES string of the molecule is Clc1nc(Cl)nc(Nc2ccccc2Cl)n1.O=S(=O)(O)c1ccccc1/C=C/c1ccccc1S(=O)(=O)O. The molecule has 0 saturated heterocycles. The molecule has 0 spiro atoms. The standard InChI is InChI=1S/C14H12O6S2.C9H5Cl3N4/c15-21(16,17)13-7-3-1-5-11(13)9-10-12-6-2-4-8-14(12)22(18,19)20;10-5-3-1-2-4-6(5)13-9-15-7(11)14-8(12)16-9/h1-10H,(H,15,16,17)(H,18,19,20);1-4H,(H,13,14,15,16)/b10-9+;. The number of para-hydroxylation sites is 1. The van der Waals surface area contributed by atoms with Crippen LogP contribution in [-0.4, -0.2) is 40.9 Å².